The van der Waals surface area contributed by atoms with Crippen LogP contribution in [-0.2, 0) is 17.6 Å². The number of ether oxygens (including phenoxy) is 1. The maximum atomic E-state index is 15.1. The second-order valence-electron chi connectivity index (χ2n) is 9.98. The van der Waals surface area contributed by atoms with Crippen molar-refractivity contribution in [1.29, 1.82) is 0 Å². The van der Waals surface area contributed by atoms with Gasteiger partial charge in [-0.1, -0.05) is 63.1 Å². The lowest BCUT2D eigenvalue weighted by molar-refractivity contribution is -0.0216. The second-order valence-corrected chi connectivity index (χ2v) is 9.98. The summed E-state index contributed by atoms with van der Waals surface area (Å²) in [6, 6.07) is 9.42. The third-order valence-corrected chi connectivity index (χ3v) is 7.29. The molecule has 0 aromatic heterocycles. The van der Waals surface area contributed by atoms with Crippen molar-refractivity contribution in [2.45, 2.75) is 71.3 Å². The predicted octanol–water partition coefficient (Wildman–Crippen LogP) is 9.20. The Morgan fingerprint density at radius 3 is 1.89 bits per heavy atom. The zero-order chi connectivity index (χ0) is 26.5. The molecule has 37 heavy (non-hydrogen) atoms. The third kappa shape index (κ3) is 6.06. The highest BCUT2D eigenvalue weighted by Gasteiger charge is 2.24. The predicted molar refractivity (Wildman–Crippen MR) is 137 cm³/mol. The van der Waals surface area contributed by atoms with E-state index >= 15 is 13.2 Å². The first kappa shape index (κ1) is 27.3. The van der Waals surface area contributed by atoms with Gasteiger partial charge in [0.2, 0.25) is 0 Å². The Kier molecular flexibility index (Phi) is 9.01. The van der Waals surface area contributed by atoms with E-state index in [-0.39, 0.29) is 34.8 Å². The topological polar surface area (TPSA) is 9.23 Å². The Morgan fingerprint density at radius 1 is 0.676 bits per heavy atom. The van der Waals surface area contributed by atoms with Crippen molar-refractivity contribution in [1.82, 2.24) is 0 Å². The molecule has 0 bridgehead atoms. The van der Waals surface area contributed by atoms with Crippen LogP contribution in [0.3, 0.4) is 0 Å². The summed E-state index contributed by atoms with van der Waals surface area (Å²) in [5.74, 6) is -5.06. The molecule has 0 N–H and O–H groups in total. The highest BCUT2D eigenvalue weighted by Crippen LogP contribution is 2.35. The fourth-order valence-corrected chi connectivity index (χ4v) is 5.22. The van der Waals surface area contributed by atoms with Crippen molar-refractivity contribution in [3.05, 3.63) is 82.7 Å². The van der Waals surface area contributed by atoms with Crippen LogP contribution in [0.5, 0.6) is 0 Å². The van der Waals surface area contributed by atoms with Gasteiger partial charge < -0.3 is 4.74 Å². The summed E-state index contributed by atoms with van der Waals surface area (Å²) in [5.41, 5.74) is -0.213. The van der Waals surface area contributed by atoms with Gasteiger partial charge >= 0.3 is 0 Å². The highest BCUT2D eigenvalue weighted by molar-refractivity contribution is 5.72. The summed E-state index contributed by atoms with van der Waals surface area (Å²) in [5, 5.41) is 0. The van der Waals surface area contributed by atoms with E-state index in [4.69, 9.17) is 4.74 Å². The standard InChI is InChI=1S/C31H33F5O/c1-3-5-19-8-13-23(27(32)17-19)24-15-16-26(31(36)30(24)35)25-14-10-21(28(33)29(25)34)9-12-22-11-7-20(6-4-2)18-37-22/h8,10,13-17,20,22H,3-7,9,11-12,18H2,1-2H3. The summed E-state index contributed by atoms with van der Waals surface area (Å²) in [4.78, 5) is 0. The Bertz CT molecular complexity index is 1230. The van der Waals surface area contributed by atoms with E-state index in [0.717, 1.165) is 43.7 Å². The number of hydrogen-bond donors (Lipinski definition) is 0. The minimum atomic E-state index is -1.35. The molecule has 0 saturated carbocycles. The number of hydrogen-bond acceptors (Lipinski definition) is 1. The summed E-state index contributed by atoms with van der Waals surface area (Å²) >= 11 is 0. The summed E-state index contributed by atoms with van der Waals surface area (Å²) in [6.45, 7) is 4.80. The molecule has 1 nitrogen and oxygen atoms in total. The molecule has 4 rings (SSSR count). The fourth-order valence-electron chi connectivity index (χ4n) is 5.22. The van der Waals surface area contributed by atoms with Crippen molar-refractivity contribution in [3.8, 4) is 22.3 Å². The highest BCUT2D eigenvalue weighted by atomic mass is 19.2. The summed E-state index contributed by atoms with van der Waals surface area (Å²) in [7, 11) is 0. The molecule has 0 spiro atoms. The molecule has 1 fully saturated rings. The first-order valence-corrected chi connectivity index (χ1v) is 13.2. The molecular weight excluding hydrogens is 483 g/mol. The van der Waals surface area contributed by atoms with Gasteiger partial charge in [0.25, 0.3) is 0 Å². The largest absolute Gasteiger partial charge is 0.378 e. The van der Waals surface area contributed by atoms with Gasteiger partial charge in [-0.25, -0.2) is 22.0 Å². The number of benzene rings is 3. The van der Waals surface area contributed by atoms with Gasteiger partial charge in [0.1, 0.15) is 5.82 Å². The van der Waals surface area contributed by atoms with Crippen molar-refractivity contribution in [2.75, 3.05) is 6.61 Å². The average Bonchev–Trinajstić information content (AvgIpc) is 2.89. The molecule has 3 aromatic rings. The van der Waals surface area contributed by atoms with E-state index in [0.29, 0.717) is 25.4 Å². The van der Waals surface area contributed by atoms with E-state index in [1.807, 2.05) is 6.92 Å². The normalized spacial score (nSPS) is 17.8. The molecule has 2 atom stereocenters. The molecule has 198 valence electrons. The smallest absolute Gasteiger partial charge is 0.167 e. The molecule has 6 heteroatoms. The molecule has 0 radical (unpaired) electrons. The summed E-state index contributed by atoms with van der Waals surface area (Å²) < 4.78 is 80.5. The maximum absolute atomic E-state index is 15.1. The van der Waals surface area contributed by atoms with Gasteiger partial charge in [0.15, 0.2) is 23.3 Å². The summed E-state index contributed by atoms with van der Waals surface area (Å²) in [6.07, 6.45) is 6.56. The van der Waals surface area contributed by atoms with Crippen LogP contribution in [0, 0.1) is 35.0 Å². The lowest BCUT2D eigenvalue weighted by Gasteiger charge is -2.29. The van der Waals surface area contributed by atoms with Gasteiger partial charge in [-0.05, 0) is 61.6 Å². The first-order chi connectivity index (χ1) is 17.8. The van der Waals surface area contributed by atoms with E-state index in [9.17, 15) is 8.78 Å². The lowest BCUT2D eigenvalue weighted by atomic mass is 9.91. The van der Waals surface area contributed by atoms with Crippen LogP contribution in [0.1, 0.15) is 63.5 Å². The number of aryl methyl sites for hydroxylation is 2. The van der Waals surface area contributed by atoms with Crippen molar-refractivity contribution in [3.63, 3.8) is 0 Å². The lowest BCUT2D eigenvalue weighted by Crippen LogP contribution is -2.26. The van der Waals surface area contributed by atoms with E-state index in [2.05, 4.69) is 6.92 Å². The molecule has 0 aliphatic carbocycles. The second kappa shape index (κ2) is 12.2. The van der Waals surface area contributed by atoms with Crippen LogP contribution < -0.4 is 0 Å². The van der Waals surface area contributed by atoms with Crippen molar-refractivity contribution >= 4 is 0 Å². The van der Waals surface area contributed by atoms with Crippen LogP contribution >= 0.6 is 0 Å². The molecule has 0 amide bonds. The Hall–Kier alpha value is -2.73. The quantitative estimate of drug-likeness (QED) is 0.258. The van der Waals surface area contributed by atoms with Crippen LogP contribution in [0.25, 0.3) is 22.3 Å². The van der Waals surface area contributed by atoms with Crippen LogP contribution in [0.2, 0.25) is 0 Å². The van der Waals surface area contributed by atoms with Crippen molar-refractivity contribution < 1.29 is 26.7 Å². The zero-order valence-corrected chi connectivity index (χ0v) is 21.4. The van der Waals surface area contributed by atoms with Gasteiger partial charge in [0.05, 0.1) is 6.10 Å². The minimum Gasteiger partial charge on any atom is -0.378 e. The average molecular weight is 517 g/mol. The monoisotopic (exact) mass is 516 g/mol. The fraction of sp³-hybridized carbons (Fsp3) is 0.419. The van der Waals surface area contributed by atoms with E-state index in [1.54, 1.807) is 6.07 Å². The molecule has 2 unspecified atom stereocenters. The van der Waals surface area contributed by atoms with Gasteiger partial charge in [-0.15, -0.1) is 0 Å². The van der Waals surface area contributed by atoms with Gasteiger partial charge in [-0.3, -0.25) is 0 Å². The third-order valence-electron chi connectivity index (χ3n) is 7.29. The molecule has 1 aliphatic rings. The Labute approximate surface area is 215 Å². The van der Waals surface area contributed by atoms with Gasteiger partial charge in [0, 0.05) is 28.9 Å². The Balaban J connectivity index is 1.52. The van der Waals surface area contributed by atoms with Crippen molar-refractivity contribution in [2.24, 2.45) is 5.92 Å². The SMILES string of the molecule is CCCc1ccc(-c2ccc(-c3ccc(CCC4CCC(CCC)CO4)c(F)c3F)c(F)c2F)c(F)c1. The number of halogens is 5. The minimum absolute atomic E-state index is 0.00534. The maximum Gasteiger partial charge on any atom is 0.167 e. The van der Waals surface area contributed by atoms with Gasteiger partial charge in [-0.2, -0.15) is 0 Å². The van der Waals surface area contributed by atoms with Crippen LogP contribution in [0.15, 0.2) is 42.5 Å². The molecule has 1 heterocycles. The number of rotatable bonds is 9. The first-order valence-electron chi connectivity index (χ1n) is 13.2. The zero-order valence-electron chi connectivity index (χ0n) is 21.4. The van der Waals surface area contributed by atoms with E-state index < -0.39 is 34.6 Å². The Morgan fingerprint density at radius 2 is 1.30 bits per heavy atom. The van der Waals surface area contributed by atoms with Crippen LogP contribution in [-0.4, -0.2) is 12.7 Å². The van der Waals surface area contributed by atoms with E-state index in [1.165, 1.54) is 30.3 Å². The molecule has 3 aromatic carbocycles. The van der Waals surface area contributed by atoms with Crippen LogP contribution in [0.4, 0.5) is 22.0 Å². The molecule has 1 saturated heterocycles. The molecular formula is C31H33F5O. The molecule has 1 aliphatic heterocycles.